The van der Waals surface area contributed by atoms with Crippen LogP contribution in [0.3, 0.4) is 0 Å². The van der Waals surface area contributed by atoms with E-state index in [-0.39, 0.29) is 11.6 Å². The minimum atomic E-state index is 0.0694. The molecule has 0 radical (unpaired) electrons. The zero-order valence-corrected chi connectivity index (χ0v) is 13.5. The number of hydrogen-bond acceptors (Lipinski definition) is 4. The first-order chi connectivity index (χ1) is 10.3. The first-order valence-corrected chi connectivity index (χ1v) is 6.96. The average Bonchev–Trinajstić information content (AvgIpc) is 2.48. The molecule has 2 rings (SSSR count). The van der Waals surface area contributed by atoms with Crippen molar-refractivity contribution in [2.24, 2.45) is 0 Å². The van der Waals surface area contributed by atoms with Crippen LogP contribution >= 0.6 is 0 Å². The highest BCUT2D eigenvalue weighted by atomic mass is 16.1. The largest absolute Gasteiger partial charge is 0.399 e. The molecule has 0 aliphatic heterocycles. The molecule has 22 heavy (non-hydrogen) atoms. The number of nitrogens with zero attached hydrogens (tertiary/aromatic N) is 1. The Bertz CT molecular complexity index is 629. The summed E-state index contributed by atoms with van der Waals surface area (Å²) in [4.78, 5) is 23.6. The Kier molecular flexibility index (Phi) is 6.32. The highest BCUT2D eigenvalue weighted by molar-refractivity contribution is 5.94. The van der Waals surface area contributed by atoms with Crippen LogP contribution in [-0.4, -0.2) is 25.7 Å². The molecule has 0 heterocycles. The van der Waals surface area contributed by atoms with Crippen molar-refractivity contribution in [1.29, 1.82) is 0 Å². The van der Waals surface area contributed by atoms with Gasteiger partial charge >= 0.3 is 0 Å². The first-order valence-electron chi connectivity index (χ1n) is 6.96. The van der Waals surface area contributed by atoms with E-state index in [0.717, 1.165) is 11.3 Å². The Morgan fingerprint density at radius 2 is 1.14 bits per heavy atom. The molecule has 0 spiro atoms. The summed E-state index contributed by atoms with van der Waals surface area (Å²) in [5.74, 6) is 0.181. The van der Waals surface area contributed by atoms with Gasteiger partial charge in [0.15, 0.2) is 11.6 Å². The lowest BCUT2D eigenvalue weighted by molar-refractivity contribution is 0.100. The number of ketones is 2. The predicted octanol–water partition coefficient (Wildman–Crippen LogP) is 3.43. The van der Waals surface area contributed by atoms with Crippen molar-refractivity contribution in [2.75, 3.05) is 24.7 Å². The van der Waals surface area contributed by atoms with Crippen LogP contribution in [0.15, 0.2) is 48.5 Å². The van der Waals surface area contributed by atoms with E-state index in [4.69, 9.17) is 5.73 Å². The van der Waals surface area contributed by atoms with Crippen molar-refractivity contribution < 1.29 is 9.59 Å². The quantitative estimate of drug-likeness (QED) is 0.696. The van der Waals surface area contributed by atoms with Gasteiger partial charge in [0.1, 0.15) is 0 Å². The molecule has 116 valence electrons. The lowest BCUT2D eigenvalue weighted by Gasteiger charge is -2.11. The molecule has 0 fully saturated rings. The number of carbonyl (C=O) groups is 2. The Hall–Kier alpha value is -2.62. The van der Waals surface area contributed by atoms with Crippen molar-refractivity contribution in [3.05, 3.63) is 59.7 Å². The third-order valence-electron chi connectivity index (χ3n) is 3.11. The standard InChI is InChI=1S/C10H13NO.C8H9NO/c1-8(12)9-4-6-10(7-5-9)11(2)3;1-6(10)7-2-4-8(9)5-3-7/h4-7H,1-3H3;2-5H,9H2,1H3. The summed E-state index contributed by atoms with van der Waals surface area (Å²) in [6, 6.07) is 14.4. The molecule has 0 amide bonds. The molecule has 0 bridgehead atoms. The number of carbonyl (C=O) groups excluding carboxylic acids is 2. The highest BCUT2D eigenvalue weighted by Crippen LogP contribution is 2.12. The maximum Gasteiger partial charge on any atom is 0.159 e. The lowest BCUT2D eigenvalue weighted by atomic mass is 10.1. The Morgan fingerprint density at radius 1 is 0.773 bits per heavy atom. The average molecular weight is 298 g/mol. The van der Waals surface area contributed by atoms with E-state index in [9.17, 15) is 9.59 Å². The fraction of sp³-hybridized carbons (Fsp3) is 0.222. The van der Waals surface area contributed by atoms with Crippen LogP contribution in [0.2, 0.25) is 0 Å². The zero-order chi connectivity index (χ0) is 16.7. The molecule has 0 aliphatic rings. The number of anilines is 2. The van der Waals surface area contributed by atoms with Gasteiger partial charge in [0, 0.05) is 36.6 Å². The smallest absolute Gasteiger partial charge is 0.159 e. The summed E-state index contributed by atoms with van der Waals surface area (Å²) in [5, 5.41) is 0. The number of nitrogen functional groups attached to an aromatic ring is 1. The summed E-state index contributed by atoms with van der Waals surface area (Å²) in [7, 11) is 3.95. The van der Waals surface area contributed by atoms with Crippen LogP contribution < -0.4 is 10.6 Å². The van der Waals surface area contributed by atoms with Gasteiger partial charge in [-0.05, 0) is 62.4 Å². The van der Waals surface area contributed by atoms with Crippen molar-refractivity contribution in [3.63, 3.8) is 0 Å². The summed E-state index contributed by atoms with van der Waals surface area (Å²) < 4.78 is 0. The van der Waals surface area contributed by atoms with Crippen molar-refractivity contribution in [2.45, 2.75) is 13.8 Å². The van der Waals surface area contributed by atoms with E-state index in [1.165, 1.54) is 6.92 Å². The number of nitrogens with two attached hydrogens (primary N) is 1. The third kappa shape index (κ3) is 5.40. The van der Waals surface area contributed by atoms with Gasteiger partial charge in [-0.15, -0.1) is 0 Å². The second-order valence-corrected chi connectivity index (χ2v) is 5.18. The fourth-order valence-corrected chi connectivity index (χ4v) is 1.71. The topological polar surface area (TPSA) is 63.4 Å². The van der Waals surface area contributed by atoms with Crippen LogP contribution in [0, 0.1) is 0 Å². The van der Waals surface area contributed by atoms with Gasteiger partial charge in [-0.3, -0.25) is 9.59 Å². The number of rotatable bonds is 3. The lowest BCUT2D eigenvalue weighted by Crippen LogP contribution is -2.08. The Balaban J connectivity index is 0.000000224. The van der Waals surface area contributed by atoms with E-state index in [1.54, 1.807) is 31.2 Å². The van der Waals surface area contributed by atoms with Gasteiger partial charge in [0.05, 0.1) is 0 Å². The van der Waals surface area contributed by atoms with Crippen LogP contribution in [0.4, 0.5) is 11.4 Å². The molecule has 2 aromatic rings. The van der Waals surface area contributed by atoms with E-state index in [1.807, 2.05) is 43.3 Å². The van der Waals surface area contributed by atoms with E-state index < -0.39 is 0 Å². The van der Waals surface area contributed by atoms with Gasteiger partial charge in [0.2, 0.25) is 0 Å². The minimum absolute atomic E-state index is 0.0694. The molecule has 0 atom stereocenters. The summed E-state index contributed by atoms with van der Waals surface area (Å²) in [5.41, 5.74) is 8.68. The van der Waals surface area contributed by atoms with Crippen molar-refractivity contribution >= 4 is 22.9 Å². The number of Topliss-reactive ketones (excluding diaryl/α,β-unsaturated/α-hetero) is 2. The molecule has 0 saturated carbocycles. The predicted molar refractivity (Wildman–Crippen MR) is 91.6 cm³/mol. The third-order valence-corrected chi connectivity index (χ3v) is 3.11. The molecule has 0 aromatic heterocycles. The Labute approximate surface area is 131 Å². The van der Waals surface area contributed by atoms with Gasteiger partial charge in [0.25, 0.3) is 0 Å². The molecule has 4 nitrogen and oxygen atoms in total. The summed E-state index contributed by atoms with van der Waals surface area (Å²) >= 11 is 0. The summed E-state index contributed by atoms with van der Waals surface area (Å²) in [6.45, 7) is 3.11. The van der Waals surface area contributed by atoms with Gasteiger partial charge < -0.3 is 10.6 Å². The Morgan fingerprint density at radius 3 is 1.45 bits per heavy atom. The SMILES string of the molecule is CC(=O)c1ccc(N(C)C)cc1.CC(=O)c1ccc(N)cc1. The van der Waals surface area contributed by atoms with Crippen LogP contribution in [0.1, 0.15) is 34.6 Å². The first kappa shape index (κ1) is 17.4. The monoisotopic (exact) mass is 298 g/mol. The number of benzene rings is 2. The van der Waals surface area contributed by atoms with Gasteiger partial charge in [-0.25, -0.2) is 0 Å². The molecule has 0 aliphatic carbocycles. The molecule has 4 heteroatoms. The van der Waals surface area contributed by atoms with Crippen LogP contribution in [-0.2, 0) is 0 Å². The van der Waals surface area contributed by atoms with Gasteiger partial charge in [-0.2, -0.15) is 0 Å². The van der Waals surface area contributed by atoms with Crippen LogP contribution in [0.25, 0.3) is 0 Å². The maximum absolute atomic E-state index is 10.9. The van der Waals surface area contributed by atoms with E-state index in [0.29, 0.717) is 11.3 Å². The van der Waals surface area contributed by atoms with Gasteiger partial charge in [-0.1, -0.05) is 0 Å². The van der Waals surface area contributed by atoms with Crippen molar-refractivity contribution in [1.82, 2.24) is 0 Å². The molecule has 0 unspecified atom stereocenters. The normalized spacial score (nSPS) is 9.45. The molecule has 2 aromatic carbocycles. The second-order valence-electron chi connectivity index (χ2n) is 5.18. The maximum atomic E-state index is 10.9. The molecular formula is C18H22N2O2. The minimum Gasteiger partial charge on any atom is -0.399 e. The molecular weight excluding hydrogens is 276 g/mol. The molecule has 2 N–H and O–H groups in total. The molecule has 0 saturated heterocycles. The fourth-order valence-electron chi connectivity index (χ4n) is 1.71. The highest BCUT2D eigenvalue weighted by Gasteiger charge is 1.99. The van der Waals surface area contributed by atoms with E-state index >= 15 is 0 Å². The van der Waals surface area contributed by atoms with Crippen molar-refractivity contribution in [3.8, 4) is 0 Å². The summed E-state index contributed by atoms with van der Waals surface area (Å²) in [6.07, 6.45) is 0. The second kappa shape index (κ2) is 7.98. The van der Waals surface area contributed by atoms with E-state index in [2.05, 4.69) is 0 Å². The van der Waals surface area contributed by atoms with Crippen LogP contribution in [0.5, 0.6) is 0 Å². The zero-order valence-electron chi connectivity index (χ0n) is 13.5. The number of hydrogen-bond donors (Lipinski definition) is 1.